The van der Waals surface area contributed by atoms with Gasteiger partial charge in [0.15, 0.2) is 0 Å². The second-order valence-electron chi connectivity index (χ2n) is 6.53. The van der Waals surface area contributed by atoms with Crippen LogP contribution in [0.3, 0.4) is 0 Å². The Labute approximate surface area is 147 Å². The van der Waals surface area contributed by atoms with Gasteiger partial charge in [-0.1, -0.05) is 26.7 Å². The van der Waals surface area contributed by atoms with Gasteiger partial charge in [-0.05, 0) is 18.8 Å². The molecule has 138 valence electrons. The van der Waals surface area contributed by atoms with Gasteiger partial charge in [0, 0.05) is 10.5 Å². The molecule has 0 aromatic carbocycles. The summed E-state index contributed by atoms with van der Waals surface area (Å²) in [4.78, 5) is 34.6. The number of carbonyl (C=O) groups is 3. The highest BCUT2D eigenvalue weighted by molar-refractivity contribution is 8.00. The lowest BCUT2D eigenvalue weighted by molar-refractivity contribution is -0.144. The Bertz CT molecular complexity index is 463. The van der Waals surface area contributed by atoms with Crippen molar-refractivity contribution in [1.29, 1.82) is 0 Å². The topological polar surface area (TPSA) is 119 Å². The number of nitrogens with one attached hydrogen (secondary N) is 1. The van der Waals surface area contributed by atoms with Gasteiger partial charge in [0.05, 0.1) is 19.6 Å². The van der Waals surface area contributed by atoms with E-state index in [0.717, 1.165) is 12.8 Å². The maximum absolute atomic E-state index is 12.0. The number of carboxylic acids is 1. The van der Waals surface area contributed by atoms with Crippen molar-refractivity contribution in [3.05, 3.63) is 0 Å². The monoisotopic (exact) mass is 360 g/mol. The Balaban J connectivity index is 2.70. The van der Waals surface area contributed by atoms with E-state index in [2.05, 4.69) is 19.2 Å². The molecule has 2 atom stereocenters. The number of aliphatic carboxylic acids is 1. The Morgan fingerprint density at radius 2 is 1.88 bits per heavy atom. The zero-order chi connectivity index (χ0) is 18.3. The Morgan fingerprint density at radius 3 is 2.33 bits per heavy atom. The molecule has 1 saturated carbocycles. The molecule has 0 saturated heterocycles. The number of ether oxygens (including phenoxy) is 1. The third-order valence-corrected chi connectivity index (χ3v) is 6.53. The van der Waals surface area contributed by atoms with Crippen LogP contribution >= 0.6 is 11.8 Å². The van der Waals surface area contributed by atoms with Crippen molar-refractivity contribution in [3.63, 3.8) is 0 Å². The number of carbonyl (C=O) groups excluding carboxylic acids is 2. The molecule has 0 aromatic rings. The van der Waals surface area contributed by atoms with Crippen LogP contribution in [0.2, 0.25) is 0 Å². The number of carboxylic acid groups (broad SMARTS) is 1. The van der Waals surface area contributed by atoms with Crippen molar-refractivity contribution in [1.82, 2.24) is 5.32 Å². The lowest BCUT2D eigenvalue weighted by atomic mass is 9.93. The van der Waals surface area contributed by atoms with E-state index in [1.54, 1.807) is 11.8 Å². The molecule has 0 heterocycles. The van der Waals surface area contributed by atoms with Crippen molar-refractivity contribution in [3.8, 4) is 0 Å². The third-order valence-electron chi connectivity index (χ3n) is 4.57. The van der Waals surface area contributed by atoms with Crippen LogP contribution in [-0.4, -0.2) is 52.6 Å². The maximum atomic E-state index is 12.0. The van der Waals surface area contributed by atoms with E-state index in [4.69, 9.17) is 15.6 Å². The number of thioether (sulfide) groups is 1. The second kappa shape index (κ2) is 9.27. The first-order valence-corrected chi connectivity index (χ1v) is 9.20. The van der Waals surface area contributed by atoms with Gasteiger partial charge < -0.3 is 20.9 Å². The zero-order valence-electron chi connectivity index (χ0n) is 14.5. The van der Waals surface area contributed by atoms with Crippen LogP contribution < -0.4 is 11.1 Å². The largest absolute Gasteiger partial charge is 0.481 e. The quantitative estimate of drug-likeness (QED) is 0.528. The van der Waals surface area contributed by atoms with Gasteiger partial charge >= 0.3 is 11.9 Å². The summed E-state index contributed by atoms with van der Waals surface area (Å²) in [5.41, 5.74) is 5.55. The fraction of sp³-hybridized carbons (Fsp3) is 0.812. The minimum absolute atomic E-state index is 0.111. The van der Waals surface area contributed by atoms with Crippen LogP contribution in [0.1, 0.15) is 46.0 Å². The van der Waals surface area contributed by atoms with Gasteiger partial charge in [-0.25, -0.2) is 4.79 Å². The number of nitrogens with two attached hydrogens (primary N) is 1. The molecule has 0 radical (unpaired) electrons. The minimum atomic E-state index is -1.19. The number of rotatable bonds is 9. The molecule has 0 spiro atoms. The molecule has 0 aliphatic heterocycles. The molecule has 8 heteroatoms. The molecule has 7 nitrogen and oxygen atoms in total. The van der Waals surface area contributed by atoms with E-state index >= 15 is 0 Å². The fourth-order valence-electron chi connectivity index (χ4n) is 2.98. The van der Waals surface area contributed by atoms with Crippen LogP contribution in [0.4, 0.5) is 0 Å². The molecule has 1 fully saturated rings. The highest BCUT2D eigenvalue weighted by Gasteiger charge is 2.39. The van der Waals surface area contributed by atoms with E-state index in [9.17, 15) is 14.4 Å². The zero-order valence-corrected chi connectivity index (χ0v) is 15.4. The third kappa shape index (κ3) is 5.66. The fourth-order valence-corrected chi connectivity index (χ4v) is 4.61. The minimum Gasteiger partial charge on any atom is -0.481 e. The molecule has 1 aliphatic carbocycles. The van der Waals surface area contributed by atoms with Gasteiger partial charge in [-0.15, -0.1) is 0 Å². The van der Waals surface area contributed by atoms with Crippen LogP contribution in [-0.2, 0) is 19.1 Å². The van der Waals surface area contributed by atoms with Crippen molar-refractivity contribution in [2.75, 3.05) is 12.9 Å². The molecule has 0 bridgehead atoms. The molecule has 1 aliphatic rings. The lowest BCUT2D eigenvalue weighted by Crippen LogP contribution is -2.51. The first-order chi connectivity index (χ1) is 11.2. The standard InChI is InChI=1S/C16H28N2O5S/c1-10(2)16(6-4-5-7-16)24-9-12(15(22)23-3)18-14(21)11(17)8-13(19)20/h10-12H,4-9,17H2,1-3H3,(H,18,21)(H,19,20)/t11-,12-/m0/s1. The summed E-state index contributed by atoms with van der Waals surface area (Å²) in [7, 11) is 1.26. The number of amides is 1. The van der Waals surface area contributed by atoms with E-state index in [1.165, 1.54) is 20.0 Å². The first kappa shape index (κ1) is 20.8. The van der Waals surface area contributed by atoms with Gasteiger partial charge in [0.25, 0.3) is 0 Å². The maximum Gasteiger partial charge on any atom is 0.329 e. The highest BCUT2D eigenvalue weighted by atomic mass is 32.2. The molecular weight excluding hydrogens is 332 g/mol. The van der Waals surface area contributed by atoms with E-state index in [1.807, 2.05) is 0 Å². The lowest BCUT2D eigenvalue weighted by Gasteiger charge is -2.34. The molecule has 24 heavy (non-hydrogen) atoms. The number of hydrogen-bond acceptors (Lipinski definition) is 6. The van der Waals surface area contributed by atoms with Gasteiger partial charge in [-0.3, -0.25) is 9.59 Å². The normalized spacial score (nSPS) is 18.9. The number of methoxy groups -OCH3 is 1. The molecule has 1 amide bonds. The van der Waals surface area contributed by atoms with Crippen molar-refractivity contribution in [2.24, 2.45) is 11.7 Å². The molecule has 0 unspecified atom stereocenters. The van der Waals surface area contributed by atoms with Crippen molar-refractivity contribution < 1.29 is 24.2 Å². The van der Waals surface area contributed by atoms with Crippen LogP contribution in [0.25, 0.3) is 0 Å². The molecule has 1 rings (SSSR count). The van der Waals surface area contributed by atoms with Gasteiger partial charge in [0.2, 0.25) is 5.91 Å². The number of hydrogen-bond donors (Lipinski definition) is 3. The van der Waals surface area contributed by atoms with Crippen LogP contribution in [0, 0.1) is 5.92 Å². The van der Waals surface area contributed by atoms with Crippen LogP contribution in [0.15, 0.2) is 0 Å². The van der Waals surface area contributed by atoms with Crippen molar-refractivity contribution in [2.45, 2.75) is 62.8 Å². The summed E-state index contributed by atoms with van der Waals surface area (Å²) in [6, 6.07) is -2.02. The van der Waals surface area contributed by atoms with E-state index < -0.39 is 36.4 Å². The van der Waals surface area contributed by atoms with Crippen LogP contribution in [0.5, 0.6) is 0 Å². The predicted molar refractivity (Wildman–Crippen MR) is 92.7 cm³/mol. The molecule has 0 aromatic heterocycles. The summed E-state index contributed by atoms with van der Waals surface area (Å²) in [6.45, 7) is 4.35. The average Bonchev–Trinajstić information content (AvgIpc) is 2.99. The summed E-state index contributed by atoms with van der Waals surface area (Å²) in [6.07, 6.45) is 4.04. The Kier molecular flexibility index (Phi) is 8.02. The highest BCUT2D eigenvalue weighted by Crippen LogP contribution is 2.47. The SMILES string of the molecule is COC(=O)[C@H](CSC1(C(C)C)CCCC1)NC(=O)[C@@H](N)CC(=O)O. The summed E-state index contributed by atoms with van der Waals surface area (Å²) >= 11 is 1.69. The average molecular weight is 360 g/mol. The second-order valence-corrected chi connectivity index (χ2v) is 7.96. The summed E-state index contributed by atoms with van der Waals surface area (Å²) in [5.74, 6) is -1.51. The Hall–Kier alpha value is -1.28. The van der Waals surface area contributed by atoms with E-state index in [-0.39, 0.29) is 4.75 Å². The first-order valence-electron chi connectivity index (χ1n) is 8.21. The molecular formula is C16H28N2O5S. The number of esters is 1. The van der Waals surface area contributed by atoms with E-state index in [0.29, 0.717) is 11.7 Å². The van der Waals surface area contributed by atoms with Gasteiger partial charge in [0.1, 0.15) is 6.04 Å². The summed E-state index contributed by atoms with van der Waals surface area (Å²) in [5, 5.41) is 11.2. The molecule has 4 N–H and O–H groups in total. The van der Waals surface area contributed by atoms with Gasteiger partial charge in [-0.2, -0.15) is 11.8 Å². The Morgan fingerprint density at radius 1 is 1.29 bits per heavy atom. The predicted octanol–water partition coefficient (Wildman–Crippen LogP) is 1.15. The van der Waals surface area contributed by atoms with Crippen molar-refractivity contribution >= 4 is 29.6 Å². The smallest absolute Gasteiger partial charge is 0.329 e. The summed E-state index contributed by atoms with van der Waals surface area (Å²) < 4.78 is 4.87.